The Labute approximate surface area is 362 Å². The van der Waals surface area contributed by atoms with Crippen LogP contribution in [0.2, 0.25) is 0 Å². The van der Waals surface area contributed by atoms with Crippen molar-refractivity contribution in [3.8, 4) is 0 Å². The van der Waals surface area contributed by atoms with E-state index in [9.17, 15) is 28.8 Å². The van der Waals surface area contributed by atoms with Crippen molar-refractivity contribution in [2.75, 3.05) is 70.9 Å². The van der Waals surface area contributed by atoms with Crippen molar-refractivity contribution in [1.82, 2.24) is 10.6 Å². The number of thioether (sulfide) groups is 1. The number of rotatable bonds is 38. The Morgan fingerprint density at radius 3 is 1.68 bits per heavy atom. The third-order valence-electron chi connectivity index (χ3n) is 8.48. The zero-order chi connectivity index (χ0) is 45.5. The van der Waals surface area contributed by atoms with Gasteiger partial charge in [0, 0.05) is 44.2 Å². The minimum atomic E-state index is -1.05. The lowest BCUT2D eigenvalue weighted by Gasteiger charge is -2.24. The molecule has 0 fully saturated rings. The van der Waals surface area contributed by atoms with Gasteiger partial charge in [-0.25, -0.2) is 9.59 Å². The second kappa shape index (κ2) is 38.7. The molecule has 0 aliphatic heterocycles. The van der Waals surface area contributed by atoms with Gasteiger partial charge in [0.15, 0.2) is 0 Å². The van der Waals surface area contributed by atoms with Gasteiger partial charge < -0.3 is 39.4 Å². The van der Waals surface area contributed by atoms with E-state index in [4.69, 9.17) is 38.4 Å². The molecule has 3 N–H and O–H groups in total. The summed E-state index contributed by atoms with van der Waals surface area (Å²) in [6.07, 6.45) is 13.2. The van der Waals surface area contributed by atoms with Crippen LogP contribution in [0.5, 0.6) is 0 Å². The highest BCUT2D eigenvalue weighted by Crippen LogP contribution is 2.20. The summed E-state index contributed by atoms with van der Waals surface area (Å²) in [6, 6.07) is -0.890. The first-order valence-electron chi connectivity index (χ1n) is 21.4. The maximum absolute atomic E-state index is 12.9. The van der Waals surface area contributed by atoms with Gasteiger partial charge in [-0.15, -0.1) is 0 Å². The Kier molecular flexibility index (Phi) is 38.0. The van der Waals surface area contributed by atoms with Crippen LogP contribution in [-0.4, -0.2) is 129 Å². The van der Waals surface area contributed by atoms with Crippen LogP contribution in [0.25, 0.3) is 0 Å². The molecule has 0 bridgehead atoms. The predicted molar refractivity (Wildman–Crippen MR) is 227 cm³/mol. The maximum Gasteiger partial charge on any atom is 0.373 e. The number of carbonyl (C=O) groups excluding carboxylic acids is 7. The maximum atomic E-state index is 12.9. The molecular weight excluding hydrogens is 801 g/mol. The number of carbonyl (C=O) groups is 6. The number of unbranched alkanes of at least 4 members (excludes halogenated alkanes) is 8. The van der Waals surface area contributed by atoms with Gasteiger partial charge in [0.2, 0.25) is 11.8 Å². The van der Waals surface area contributed by atoms with Crippen LogP contribution in [0.15, 0.2) is 0 Å². The van der Waals surface area contributed by atoms with E-state index in [1.807, 2.05) is 32.5 Å². The SMILES string of the molecule is CC(C)(C)OC(=O)C(CCC(=O)CCCOCCOCC(=O)NCCOCCOCC(=O)O)NC(=O)CCCCCCCSCCCCCCCC(=O)C(C)(C)C.O=C=O. The zero-order valence-electron chi connectivity index (χ0n) is 37.3. The summed E-state index contributed by atoms with van der Waals surface area (Å²) in [5.74, 6) is 0.544. The second-order valence-corrected chi connectivity index (χ2v) is 17.5. The molecule has 17 heteroatoms. The summed E-state index contributed by atoms with van der Waals surface area (Å²) in [4.78, 5) is 88.6. The van der Waals surface area contributed by atoms with Gasteiger partial charge in [-0.05, 0) is 70.8 Å². The number of hydrogen-bond acceptors (Lipinski definition) is 14. The Bertz CT molecular complexity index is 1210. The Balaban J connectivity index is 0. The number of Topliss-reactive ketones (excluding diaryl/α,β-unsaturated/α-hetero) is 2. The minimum Gasteiger partial charge on any atom is -0.480 e. The summed E-state index contributed by atoms with van der Waals surface area (Å²) < 4.78 is 26.4. The van der Waals surface area contributed by atoms with Crippen LogP contribution in [0.1, 0.15) is 144 Å². The smallest absolute Gasteiger partial charge is 0.373 e. The van der Waals surface area contributed by atoms with Crippen molar-refractivity contribution >= 4 is 53.2 Å². The van der Waals surface area contributed by atoms with E-state index in [0.717, 1.165) is 44.3 Å². The molecule has 0 heterocycles. The van der Waals surface area contributed by atoms with Crippen LogP contribution < -0.4 is 10.6 Å². The number of ether oxygens (including phenoxy) is 5. The van der Waals surface area contributed by atoms with E-state index < -0.39 is 23.6 Å². The first-order valence-corrected chi connectivity index (χ1v) is 22.5. The van der Waals surface area contributed by atoms with Gasteiger partial charge in [0.1, 0.15) is 36.4 Å². The van der Waals surface area contributed by atoms with Gasteiger partial charge in [0.25, 0.3) is 0 Å². The number of carboxylic acids is 1. The molecular formula is C43H76N2O14S. The van der Waals surface area contributed by atoms with E-state index in [-0.39, 0.29) is 101 Å². The summed E-state index contributed by atoms with van der Waals surface area (Å²) in [5.41, 5.74) is -0.945. The molecule has 60 heavy (non-hydrogen) atoms. The summed E-state index contributed by atoms with van der Waals surface area (Å²) in [6.45, 7) is 12.5. The highest BCUT2D eigenvalue weighted by atomic mass is 32.2. The number of aliphatic carboxylic acids is 1. The summed E-state index contributed by atoms with van der Waals surface area (Å²) in [7, 11) is 0. The molecule has 0 aromatic rings. The lowest BCUT2D eigenvalue weighted by molar-refractivity contribution is -0.192. The van der Waals surface area contributed by atoms with E-state index in [1.165, 1.54) is 31.4 Å². The molecule has 0 aromatic carbocycles. The lowest BCUT2D eigenvalue weighted by atomic mass is 9.88. The lowest BCUT2D eigenvalue weighted by Crippen LogP contribution is -2.44. The average molecular weight is 877 g/mol. The van der Waals surface area contributed by atoms with Crippen molar-refractivity contribution in [1.29, 1.82) is 0 Å². The zero-order valence-corrected chi connectivity index (χ0v) is 38.1. The second-order valence-electron chi connectivity index (χ2n) is 16.3. The molecule has 348 valence electrons. The first-order chi connectivity index (χ1) is 28.4. The highest BCUT2D eigenvalue weighted by molar-refractivity contribution is 7.99. The standard InChI is InChI=1S/C42H76N2O12S.CO2/c1-41(2,3)36(46)19-13-9-7-11-15-30-57-31-16-12-8-10-14-20-37(47)44-35(40(51)56-42(4,5)6)22-21-34(45)18-17-24-52-26-28-54-32-38(48)43-23-25-53-27-29-55-33-39(49)50;2-1-3/h35H,7-33H2,1-6H3,(H,43,48)(H,44,47)(H,49,50);. The highest BCUT2D eigenvalue weighted by Gasteiger charge is 2.27. The van der Waals surface area contributed by atoms with Crippen molar-refractivity contribution < 1.29 is 67.1 Å². The van der Waals surface area contributed by atoms with Gasteiger partial charge >= 0.3 is 18.1 Å². The quantitative estimate of drug-likeness (QED) is 0.0503. The van der Waals surface area contributed by atoms with Crippen LogP contribution >= 0.6 is 11.8 Å². The van der Waals surface area contributed by atoms with Crippen LogP contribution in [0.3, 0.4) is 0 Å². The number of ketones is 2. The fourth-order valence-electron chi connectivity index (χ4n) is 5.28. The molecule has 0 aliphatic carbocycles. The van der Waals surface area contributed by atoms with E-state index in [0.29, 0.717) is 31.7 Å². The molecule has 0 saturated heterocycles. The van der Waals surface area contributed by atoms with Crippen molar-refractivity contribution in [2.24, 2.45) is 5.41 Å². The fourth-order valence-corrected chi connectivity index (χ4v) is 6.31. The Morgan fingerprint density at radius 1 is 0.600 bits per heavy atom. The van der Waals surface area contributed by atoms with Crippen molar-refractivity contribution in [3.05, 3.63) is 0 Å². The Hall–Kier alpha value is -3.21. The number of amides is 2. The molecule has 0 saturated carbocycles. The van der Waals surface area contributed by atoms with Crippen LogP contribution in [-0.2, 0) is 62.0 Å². The van der Waals surface area contributed by atoms with Gasteiger partial charge in [-0.1, -0.05) is 59.3 Å². The van der Waals surface area contributed by atoms with E-state index in [1.54, 1.807) is 20.8 Å². The number of hydrogen-bond donors (Lipinski definition) is 3. The van der Waals surface area contributed by atoms with Gasteiger partial charge in [-0.3, -0.25) is 19.2 Å². The average Bonchev–Trinajstić information content (AvgIpc) is 3.15. The van der Waals surface area contributed by atoms with Gasteiger partial charge in [0.05, 0.1) is 33.0 Å². The molecule has 1 unspecified atom stereocenters. The molecule has 0 rings (SSSR count). The molecule has 2 amide bonds. The third-order valence-corrected chi connectivity index (χ3v) is 9.63. The minimum absolute atomic E-state index is 0.0370. The predicted octanol–water partition coefficient (Wildman–Crippen LogP) is 5.66. The number of esters is 1. The molecule has 0 radical (unpaired) electrons. The summed E-state index contributed by atoms with van der Waals surface area (Å²) in [5, 5.41) is 13.9. The largest absolute Gasteiger partial charge is 0.480 e. The van der Waals surface area contributed by atoms with Crippen LogP contribution in [0, 0.1) is 5.41 Å². The number of nitrogens with one attached hydrogen (secondary N) is 2. The number of carboxylic acid groups (broad SMARTS) is 1. The molecule has 16 nitrogen and oxygen atoms in total. The first kappa shape index (κ1) is 58.9. The Morgan fingerprint density at radius 2 is 1.12 bits per heavy atom. The molecule has 0 aromatic heterocycles. The van der Waals surface area contributed by atoms with E-state index in [2.05, 4.69) is 10.6 Å². The molecule has 0 spiro atoms. The normalized spacial score (nSPS) is 11.8. The summed E-state index contributed by atoms with van der Waals surface area (Å²) >= 11 is 2.01. The molecule has 1 atom stereocenters. The molecule has 0 aliphatic rings. The third kappa shape index (κ3) is 42.9. The van der Waals surface area contributed by atoms with Crippen molar-refractivity contribution in [2.45, 2.75) is 156 Å². The van der Waals surface area contributed by atoms with E-state index >= 15 is 0 Å². The van der Waals surface area contributed by atoms with Crippen LogP contribution in [0.4, 0.5) is 0 Å². The topological polar surface area (TPSA) is 227 Å². The monoisotopic (exact) mass is 877 g/mol. The van der Waals surface area contributed by atoms with Gasteiger partial charge in [-0.2, -0.15) is 21.4 Å². The fraction of sp³-hybridized carbons (Fsp3) is 0.837. The van der Waals surface area contributed by atoms with Crippen molar-refractivity contribution in [3.63, 3.8) is 0 Å².